The number of likely N-dealkylation sites (tertiary alicyclic amines) is 1. The lowest BCUT2D eigenvalue weighted by molar-refractivity contribution is 0.157. The summed E-state index contributed by atoms with van der Waals surface area (Å²) in [6.45, 7) is 8.92. The predicted molar refractivity (Wildman–Crippen MR) is 107 cm³/mol. The van der Waals surface area contributed by atoms with E-state index in [1.54, 1.807) is 0 Å². The van der Waals surface area contributed by atoms with Gasteiger partial charge in [-0.1, -0.05) is 0 Å². The van der Waals surface area contributed by atoms with Gasteiger partial charge in [0.25, 0.3) is 0 Å². The summed E-state index contributed by atoms with van der Waals surface area (Å²) in [5.74, 6) is 1.74. The van der Waals surface area contributed by atoms with Crippen LogP contribution in [0.25, 0.3) is 11.4 Å². The molecule has 3 aromatic rings. The van der Waals surface area contributed by atoms with Crippen molar-refractivity contribution >= 4 is 11.3 Å². The highest BCUT2D eigenvalue weighted by Crippen LogP contribution is 2.26. The first-order chi connectivity index (χ1) is 12.7. The third kappa shape index (κ3) is 3.74. The van der Waals surface area contributed by atoms with E-state index in [1.807, 2.05) is 42.1 Å². The molecule has 4 nitrogen and oxygen atoms in total. The lowest BCUT2D eigenvalue weighted by Gasteiger charge is -2.33. The van der Waals surface area contributed by atoms with E-state index in [0.717, 1.165) is 24.5 Å². The number of nitrogens with zero attached hydrogens (tertiary/aromatic N) is 4. The average molecular weight is 367 g/mol. The van der Waals surface area contributed by atoms with Crippen LogP contribution in [0, 0.1) is 19.8 Å². The van der Waals surface area contributed by atoms with Gasteiger partial charge >= 0.3 is 0 Å². The Kier molecular flexibility index (Phi) is 5.18. The zero-order chi connectivity index (χ0) is 17.9. The van der Waals surface area contributed by atoms with Crippen molar-refractivity contribution in [1.29, 1.82) is 0 Å². The maximum atomic E-state index is 4.67. The SMILES string of the molecule is Cc1ccsc1CN1CCCC(Cn2c(C)cnc2-c2ccncc2)C1. The molecule has 5 heteroatoms. The lowest BCUT2D eigenvalue weighted by atomic mass is 9.97. The van der Waals surface area contributed by atoms with Gasteiger partial charge in [-0.15, -0.1) is 11.3 Å². The summed E-state index contributed by atoms with van der Waals surface area (Å²) >= 11 is 1.89. The summed E-state index contributed by atoms with van der Waals surface area (Å²) in [5, 5.41) is 2.21. The lowest BCUT2D eigenvalue weighted by Crippen LogP contribution is -2.36. The normalized spacial score (nSPS) is 18.3. The molecule has 26 heavy (non-hydrogen) atoms. The van der Waals surface area contributed by atoms with Crippen molar-refractivity contribution in [2.24, 2.45) is 5.92 Å². The fraction of sp³-hybridized carbons (Fsp3) is 0.429. The number of thiophene rings is 1. The van der Waals surface area contributed by atoms with E-state index < -0.39 is 0 Å². The molecule has 136 valence electrons. The Bertz CT molecular complexity index is 852. The van der Waals surface area contributed by atoms with Crippen LogP contribution in [0.4, 0.5) is 0 Å². The van der Waals surface area contributed by atoms with Crippen LogP contribution >= 0.6 is 11.3 Å². The first kappa shape index (κ1) is 17.4. The Labute approximate surface area is 159 Å². The molecule has 1 fully saturated rings. The second kappa shape index (κ2) is 7.72. The Morgan fingerprint density at radius 2 is 2.04 bits per heavy atom. The van der Waals surface area contributed by atoms with Crippen LogP contribution in [-0.4, -0.2) is 32.5 Å². The van der Waals surface area contributed by atoms with Crippen LogP contribution < -0.4 is 0 Å². The highest BCUT2D eigenvalue weighted by Gasteiger charge is 2.22. The van der Waals surface area contributed by atoms with Crippen molar-refractivity contribution in [3.8, 4) is 11.4 Å². The molecule has 0 bridgehead atoms. The van der Waals surface area contributed by atoms with Crippen LogP contribution in [0.3, 0.4) is 0 Å². The fourth-order valence-corrected chi connectivity index (χ4v) is 4.84. The largest absolute Gasteiger partial charge is 0.328 e. The van der Waals surface area contributed by atoms with Gasteiger partial charge in [0.2, 0.25) is 0 Å². The zero-order valence-corrected chi connectivity index (χ0v) is 16.4. The second-order valence-electron chi connectivity index (χ2n) is 7.34. The number of rotatable bonds is 5. The van der Waals surface area contributed by atoms with Crippen LogP contribution in [-0.2, 0) is 13.1 Å². The minimum Gasteiger partial charge on any atom is -0.328 e. The zero-order valence-electron chi connectivity index (χ0n) is 15.6. The summed E-state index contributed by atoms with van der Waals surface area (Å²) in [5.41, 5.74) is 3.82. The number of pyridine rings is 1. The maximum absolute atomic E-state index is 4.67. The number of imidazole rings is 1. The van der Waals surface area contributed by atoms with Gasteiger partial charge in [0.05, 0.1) is 0 Å². The molecule has 4 heterocycles. The third-order valence-electron chi connectivity index (χ3n) is 5.37. The fourth-order valence-electron chi connectivity index (χ4n) is 3.89. The molecule has 1 aliphatic heterocycles. The Balaban J connectivity index is 1.47. The van der Waals surface area contributed by atoms with Crippen molar-refractivity contribution in [2.45, 2.75) is 39.8 Å². The van der Waals surface area contributed by atoms with Crippen LogP contribution in [0.1, 0.15) is 29.0 Å². The van der Waals surface area contributed by atoms with Gasteiger partial charge in [-0.25, -0.2) is 4.98 Å². The summed E-state index contributed by atoms with van der Waals surface area (Å²) in [4.78, 5) is 12.9. The van der Waals surface area contributed by atoms with E-state index in [-0.39, 0.29) is 0 Å². The predicted octanol–water partition coefficient (Wildman–Crippen LogP) is 4.54. The van der Waals surface area contributed by atoms with Gasteiger partial charge < -0.3 is 4.57 Å². The molecule has 3 aromatic heterocycles. The molecule has 1 atom stereocenters. The molecular weight excluding hydrogens is 340 g/mol. The van der Waals surface area contributed by atoms with E-state index in [2.05, 4.69) is 44.7 Å². The van der Waals surface area contributed by atoms with Gasteiger partial charge in [-0.3, -0.25) is 9.88 Å². The first-order valence-corrected chi connectivity index (χ1v) is 10.3. The van der Waals surface area contributed by atoms with E-state index in [1.165, 1.54) is 42.1 Å². The highest BCUT2D eigenvalue weighted by molar-refractivity contribution is 7.10. The number of hydrogen-bond donors (Lipinski definition) is 0. The van der Waals surface area contributed by atoms with Crippen LogP contribution in [0.2, 0.25) is 0 Å². The molecule has 0 N–H and O–H groups in total. The summed E-state index contributed by atoms with van der Waals surface area (Å²) in [7, 11) is 0. The minimum absolute atomic E-state index is 0.678. The molecule has 4 rings (SSSR count). The quantitative estimate of drug-likeness (QED) is 0.665. The van der Waals surface area contributed by atoms with Crippen molar-refractivity contribution in [3.05, 3.63) is 58.3 Å². The Morgan fingerprint density at radius 1 is 1.19 bits per heavy atom. The van der Waals surface area contributed by atoms with Gasteiger partial charge in [-0.05, 0) is 68.3 Å². The first-order valence-electron chi connectivity index (χ1n) is 9.38. The van der Waals surface area contributed by atoms with E-state index in [0.29, 0.717) is 5.92 Å². The molecule has 0 saturated carbocycles. The minimum atomic E-state index is 0.678. The second-order valence-corrected chi connectivity index (χ2v) is 8.34. The molecule has 0 spiro atoms. The summed E-state index contributed by atoms with van der Waals surface area (Å²) in [6.07, 6.45) is 8.26. The summed E-state index contributed by atoms with van der Waals surface area (Å²) < 4.78 is 2.39. The number of aryl methyl sites for hydroxylation is 2. The molecule has 1 aliphatic rings. The van der Waals surface area contributed by atoms with Crippen molar-refractivity contribution in [3.63, 3.8) is 0 Å². The monoisotopic (exact) mass is 366 g/mol. The average Bonchev–Trinajstić information content (AvgIpc) is 3.22. The molecule has 0 radical (unpaired) electrons. The number of hydrogen-bond acceptors (Lipinski definition) is 4. The van der Waals surface area contributed by atoms with Crippen LogP contribution in [0.15, 0.2) is 42.2 Å². The third-order valence-corrected chi connectivity index (χ3v) is 6.38. The maximum Gasteiger partial charge on any atom is 0.140 e. The molecule has 1 saturated heterocycles. The van der Waals surface area contributed by atoms with E-state index in [4.69, 9.17) is 0 Å². The van der Waals surface area contributed by atoms with Crippen molar-refractivity contribution < 1.29 is 0 Å². The standard InChI is InChI=1S/C21H26N4S/c1-16-7-11-26-20(16)15-24-10-3-4-18(13-24)14-25-17(2)12-23-21(25)19-5-8-22-9-6-19/h5-9,11-12,18H,3-4,10,13-15H2,1-2H3. The van der Waals surface area contributed by atoms with Crippen LogP contribution in [0.5, 0.6) is 0 Å². The number of piperidine rings is 1. The molecular formula is C21H26N4S. The van der Waals surface area contributed by atoms with E-state index >= 15 is 0 Å². The number of aromatic nitrogens is 3. The van der Waals surface area contributed by atoms with Gasteiger partial charge in [0.1, 0.15) is 5.82 Å². The van der Waals surface area contributed by atoms with Crippen molar-refractivity contribution in [1.82, 2.24) is 19.4 Å². The summed E-state index contributed by atoms with van der Waals surface area (Å²) in [6, 6.07) is 6.33. The van der Waals surface area contributed by atoms with Crippen molar-refractivity contribution in [2.75, 3.05) is 13.1 Å². The van der Waals surface area contributed by atoms with Gasteiger partial charge in [0.15, 0.2) is 0 Å². The van der Waals surface area contributed by atoms with E-state index in [9.17, 15) is 0 Å². The van der Waals surface area contributed by atoms with Gasteiger partial charge in [-0.2, -0.15) is 0 Å². The topological polar surface area (TPSA) is 34.0 Å². The molecule has 0 amide bonds. The highest BCUT2D eigenvalue weighted by atomic mass is 32.1. The molecule has 0 aliphatic carbocycles. The smallest absolute Gasteiger partial charge is 0.140 e. The molecule has 0 aromatic carbocycles. The Morgan fingerprint density at radius 3 is 2.81 bits per heavy atom. The Hall–Kier alpha value is -1.98. The van der Waals surface area contributed by atoms with Gasteiger partial charge in [0, 0.05) is 54.4 Å². The molecule has 1 unspecified atom stereocenters.